The summed E-state index contributed by atoms with van der Waals surface area (Å²) in [5, 5.41) is 6.89. The molecule has 11 heteroatoms. The number of carbonyl (C=O) groups is 1. The minimum absolute atomic E-state index is 0.250. The lowest BCUT2D eigenvalue weighted by Gasteiger charge is -2.39. The highest BCUT2D eigenvalue weighted by molar-refractivity contribution is 7.91. The maximum Gasteiger partial charge on any atom is 0.290 e. The second kappa shape index (κ2) is 10.9. The number of carboxylic acid groups (broad SMARTS) is 1. The molecule has 2 aliphatic rings. The highest BCUT2D eigenvalue weighted by Crippen LogP contribution is 2.30. The Hall–Kier alpha value is -2.24. The van der Waals surface area contributed by atoms with Crippen molar-refractivity contribution in [2.45, 2.75) is 44.3 Å². The molecular formula is C20H31N5O5S. The molecule has 4 rings (SSSR count). The van der Waals surface area contributed by atoms with Crippen LogP contribution in [0.15, 0.2) is 24.8 Å². The van der Waals surface area contributed by atoms with Gasteiger partial charge < -0.3 is 23.9 Å². The zero-order valence-electron chi connectivity index (χ0n) is 17.8. The molecule has 172 valence electrons. The molecular weight excluding hydrogens is 422 g/mol. The average molecular weight is 454 g/mol. The van der Waals surface area contributed by atoms with Crippen LogP contribution in [0.2, 0.25) is 0 Å². The van der Waals surface area contributed by atoms with E-state index in [1.807, 2.05) is 18.6 Å². The minimum atomic E-state index is -2.80. The summed E-state index contributed by atoms with van der Waals surface area (Å²) in [5.41, 5.74) is 0. The predicted octanol–water partition coefficient (Wildman–Crippen LogP) is 1.31. The predicted molar refractivity (Wildman–Crippen MR) is 116 cm³/mol. The van der Waals surface area contributed by atoms with E-state index in [2.05, 4.69) is 30.2 Å². The van der Waals surface area contributed by atoms with Gasteiger partial charge in [-0.3, -0.25) is 4.79 Å². The molecule has 2 saturated heterocycles. The van der Waals surface area contributed by atoms with Crippen molar-refractivity contribution in [3.63, 3.8) is 0 Å². The number of sulfone groups is 1. The highest BCUT2D eigenvalue weighted by atomic mass is 32.2. The van der Waals surface area contributed by atoms with Crippen molar-refractivity contribution >= 4 is 16.3 Å². The van der Waals surface area contributed by atoms with Crippen molar-refractivity contribution in [1.29, 1.82) is 0 Å². The van der Waals surface area contributed by atoms with Gasteiger partial charge in [-0.05, 0) is 25.7 Å². The number of rotatable bonds is 6. The molecule has 0 aromatic carbocycles. The monoisotopic (exact) mass is 453 g/mol. The molecule has 0 spiro atoms. The van der Waals surface area contributed by atoms with Crippen LogP contribution in [0, 0.1) is 0 Å². The van der Waals surface area contributed by atoms with Crippen molar-refractivity contribution < 1.29 is 23.1 Å². The van der Waals surface area contributed by atoms with Gasteiger partial charge in [-0.2, -0.15) is 0 Å². The number of ether oxygens (including phenoxy) is 1. The number of aromatic nitrogens is 4. The largest absolute Gasteiger partial charge is 0.483 e. The lowest BCUT2D eigenvalue weighted by Crippen LogP contribution is -2.45. The van der Waals surface area contributed by atoms with Crippen LogP contribution in [0.3, 0.4) is 0 Å². The van der Waals surface area contributed by atoms with Crippen LogP contribution in [0.5, 0.6) is 0 Å². The van der Waals surface area contributed by atoms with Crippen molar-refractivity contribution in [1.82, 2.24) is 24.0 Å². The molecule has 4 heterocycles. The maximum atomic E-state index is 11.7. The number of likely N-dealkylation sites (tertiary alicyclic amines) is 1. The first-order chi connectivity index (χ1) is 15.0. The second-order valence-corrected chi connectivity index (χ2v) is 10.2. The molecule has 0 saturated carbocycles. The van der Waals surface area contributed by atoms with E-state index in [1.54, 1.807) is 7.11 Å². The lowest BCUT2D eigenvalue weighted by molar-refractivity contribution is -0.122. The number of methoxy groups -OCH3 is 1. The van der Waals surface area contributed by atoms with E-state index < -0.39 is 9.84 Å². The molecule has 2 aromatic heterocycles. The molecule has 0 aliphatic carbocycles. The summed E-state index contributed by atoms with van der Waals surface area (Å²) in [5.74, 6) is 2.46. The molecule has 10 nitrogen and oxygen atoms in total. The Morgan fingerprint density at radius 2 is 1.68 bits per heavy atom. The van der Waals surface area contributed by atoms with Gasteiger partial charge in [0, 0.05) is 63.6 Å². The van der Waals surface area contributed by atoms with Gasteiger partial charge in [-0.1, -0.05) is 0 Å². The minimum Gasteiger partial charge on any atom is -0.483 e. The zero-order chi connectivity index (χ0) is 22.3. The van der Waals surface area contributed by atoms with Crippen LogP contribution in [-0.2, 0) is 25.9 Å². The first-order valence-corrected chi connectivity index (χ1v) is 12.4. The third-order valence-corrected chi connectivity index (χ3v) is 7.77. The zero-order valence-corrected chi connectivity index (χ0v) is 18.7. The quantitative estimate of drug-likeness (QED) is 0.650. The van der Waals surface area contributed by atoms with Crippen LogP contribution < -0.4 is 0 Å². The summed E-state index contributed by atoms with van der Waals surface area (Å²) < 4.78 is 32.9. The summed E-state index contributed by atoms with van der Waals surface area (Å²) in [6.07, 6.45) is 11.3. The van der Waals surface area contributed by atoms with Crippen LogP contribution in [0.4, 0.5) is 0 Å². The Kier molecular flexibility index (Phi) is 8.22. The molecule has 0 radical (unpaired) electrons. The number of piperidine rings is 1. The third-order valence-electron chi connectivity index (χ3n) is 6.05. The van der Waals surface area contributed by atoms with Crippen LogP contribution in [0.25, 0.3) is 11.6 Å². The van der Waals surface area contributed by atoms with Crippen molar-refractivity contribution in [3.05, 3.63) is 24.8 Å². The number of hydrogen-bond donors (Lipinski definition) is 1. The van der Waals surface area contributed by atoms with Gasteiger partial charge >= 0.3 is 0 Å². The van der Waals surface area contributed by atoms with Crippen molar-refractivity contribution in [2.24, 2.45) is 0 Å². The van der Waals surface area contributed by atoms with Gasteiger partial charge in [0.2, 0.25) is 0 Å². The summed E-state index contributed by atoms with van der Waals surface area (Å²) in [4.78, 5) is 20.0. The summed E-state index contributed by atoms with van der Waals surface area (Å²) in [7, 11) is -1.10. The van der Waals surface area contributed by atoms with E-state index in [1.165, 1.54) is 0 Å². The van der Waals surface area contributed by atoms with Crippen LogP contribution in [0.1, 0.15) is 31.7 Å². The van der Waals surface area contributed by atoms with Crippen LogP contribution in [-0.4, -0.2) is 88.4 Å². The smallest absolute Gasteiger partial charge is 0.290 e. The van der Waals surface area contributed by atoms with Crippen molar-refractivity contribution in [3.8, 4) is 11.6 Å². The normalized spacial score (nSPS) is 20.2. The van der Waals surface area contributed by atoms with Gasteiger partial charge in [0.25, 0.3) is 6.47 Å². The fraction of sp³-hybridized carbons (Fsp3) is 0.650. The SMILES string of the molecule is COCCn1ccnc1-c1nccn1C1CCN(C2CCS(=O)(=O)CC2)CC1.O=CO. The lowest BCUT2D eigenvalue weighted by atomic mass is 10.0. The van der Waals surface area contributed by atoms with E-state index >= 15 is 0 Å². The van der Waals surface area contributed by atoms with E-state index in [0.717, 1.165) is 57.0 Å². The van der Waals surface area contributed by atoms with E-state index in [9.17, 15) is 8.42 Å². The van der Waals surface area contributed by atoms with Gasteiger partial charge in [-0.25, -0.2) is 18.4 Å². The second-order valence-electron chi connectivity index (χ2n) is 7.85. The molecule has 2 aromatic rings. The van der Waals surface area contributed by atoms with Crippen molar-refractivity contribution in [2.75, 3.05) is 38.3 Å². The third kappa shape index (κ3) is 5.92. The molecule has 2 aliphatic heterocycles. The topological polar surface area (TPSA) is 120 Å². The standard InChI is InChI=1S/C19H29N5O3S.CH2O2/c1-27-13-12-23-10-6-20-18(23)19-21-7-11-24(19)17-2-8-22(9-3-17)16-4-14-28(25,26)15-5-16;2-1-3/h6-7,10-11,16-17H,2-5,8-9,12-15H2,1H3;1H,(H,2,3). The van der Waals surface area contributed by atoms with Gasteiger partial charge in [-0.15, -0.1) is 0 Å². The first-order valence-electron chi connectivity index (χ1n) is 10.5. The molecule has 0 amide bonds. The Morgan fingerprint density at radius 1 is 1.06 bits per heavy atom. The Balaban J connectivity index is 0.000000858. The Labute approximate surface area is 182 Å². The van der Waals surface area contributed by atoms with Gasteiger partial charge in [0.1, 0.15) is 9.84 Å². The van der Waals surface area contributed by atoms with Gasteiger partial charge in [0.05, 0.1) is 18.1 Å². The highest BCUT2D eigenvalue weighted by Gasteiger charge is 2.31. The molecule has 0 unspecified atom stereocenters. The number of nitrogens with zero attached hydrogens (tertiary/aromatic N) is 5. The fourth-order valence-corrected chi connectivity index (χ4v) is 5.90. The summed E-state index contributed by atoms with van der Waals surface area (Å²) >= 11 is 0. The van der Waals surface area contributed by atoms with Crippen LogP contribution >= 0.6 is 0 Å². The van der Waals surface area contributed by atoms with Gasteiger partial charge in [0.15, 0.2) is 11.6 Å². The number of hydrogen-bond acceptors (Lipinski definition) is 7. The Morgan fingerprint density at radius 3 is 2.32 bits per heavy atom. The average Bonchev–Trinajstić information content (AvgIpc) is 3.42. The maximum absolute atomic E-state index is 11.7. The molecule has 0 bridgehead atoms. The molecule has 2 fully saturated rings. The summed E-state index contributed by atoms with van der Waals surface area (Å²) in [6, 6.07) is 0.813. The van der Waals surface area contributed by atoms with E-state index in [0.29, 0.717) is 30.2 Å². The molecule has 1 N–H and O–H groups in total. The summed E-state index contributed by atoms with van der Waals surface area (Å²) in [6.45, 7) is 3.15. The Bertz CT molecular complexity index is 919. The number of imidazole rings is 2. The van der Waals surface area contributed by atoms with E-state index in [-0.39, 0.29) is 6.47 Å². The first kappa shape index (κ1) is 23.4. The molecule has 0 atom stereocenters. The molecule has 31 heavy (non-hydrogen) atoms. The van der Waals surface area contributed by atoms with E-state index in [4.69, 9.17) is 14.6 Å². The fourth-order valence-electron chi connectivity index (χ4n) is 4.44.